The van der Waals surface area contributed by atoms with E-state index in [1.165, 1.54) is 16.8 Å². The first-order valence-electron chi connectivity index (χ1n) is 5.96. The number of carbonyl (C=O) groups excluding carboxylic acids is 1. The van der Waals surface area contributed by atoms with Crippen molar-refractivity contribution in [2.45, 2.75) is 32.1 Å². The van der Waals surface area contributed by atoms with Crippen LogP contribution >= 0.6 is 10.7 Å². The maximum absolute atomic E-state index is 12.0. The lowest BCUT2D eigenvalue weighted by molar-refractivity contribution is 0.0927. The van der Waals surface area contributed by atoms with Gasteiger partial charge in [-0.3, -0.25) is 4.79 Å². The van der Waals surface area contributed by atoms with Crippen LogP contribution in [0.15, 0.2) is 17.2 Å². The highest BCUT2D eigenvalue weighted by Gasteiger charge is 2.21. The van der Waals surface area contributed by atoms with Crippen LogP contribution in [0.25, 0.3) is 0 Å². The van der Waals surface area contributed by atoms with Crippen LogP contribution in [0.3, 0.4) is 0 Å². The van der Waals surface area contributed by atoms with Crippen LogP contribution in [-0.2, 0) is 16.1 Å². The topological polar surface area (TPSA) is 68.2 Å². The molecule has 0 aliphatic rings. The molecule has 0 spiro atoms. The van der Waals surface area contributed by atoms with Gasteiger partial charge >= 0.3 is 0 Å². The number of rotatable bonds is 5. The van der Waals surface area contributed by atoms with Gasteiger partial charge in [-0.2, -0.15) is 0 Å². The second-order valence-corrected chi connectivity index (χ2v) is 7.88. The third kappa shape index (κ3) is 4.24. The highest BCUT2D eigenvalue weighted by Crippen LogP contribution is 2.20. The monoisotopic (exact) mass is 306 g/mol. The minimum absolute atomic E-state index is 0.00220. The minimum Gasteiger partial charge on any atom is -0.350 e. The summed E-state index contributed by atoms with van der Waals surface area (Å²) in [5, 5.41) is 2.80. The van der Waals surface area contributed by atoms with E-state index in [4.69, 9.17) is 10.7 Å². The number of aromatic nitrogens is 1. The smallest absolute Gasteiger partial charge is 0.267 e. The van der Waals surface area contributed by atoms with E-state index in [1.54, 1.807) is 7.05 Å². The van der Waals surface area contributed by atoms with Crippen molar-refractivity contribution in [1.29, 1.82) is 0 Å². The van der Waals surface area contributed by atoms with E-state index in [0.717, 1.165) is 6.42 Å². The Morgan fingerprint density at radius 2 is 2.05 bits per heavy atom. The Kier molecular flexibility index (Phi) is 4.68. The van der Waals surface area contributed by atoms with Gasteiger partial charge in [-0.15, -0.1) is 0 Å². The second kappa shape index (κ2) is 5.54. The number of carbonyl (C=O) groups is 1. The van der Waals surface area contributed by atoms with Crippen LogP contribution in [0.4, 0.5) is 0 Å². The van der Waals surface area contributed by atoms with Crippen molar-refractivity contribution in [2.24, 2.45) is 12.5 Å². The first-order chi connectivity index (χ1) is 8.57. The Hall–Kier alpha value is -1.01. The first kappa shape index (κ1) is 16.0. The van der Waals surface area contributed by atoms with Crippen LogP contribution < -0.4 is 5.32 Å². The van der Waals surface area contributed by atoms with E-state index in [-0.39, 0.29) is 21.9 Å². The molecule has 1 N–H and O–H groups in total. The fraction of sp³-hybridized carbons (Fsp3) is 0.583. The van der Waals surface area contributed by atoms with Crippen molar-refractivity contribution in [2.75, 3.05) is 6.54 Å². The Morgan fingerprint density at radius 3 is 2.47 bits per heavy atom. The number of hydrogen-bond acceptors (Lipinski definition) is 3. The molecule has 19 heavy (non-hydrogen) atoms. The third-order valence-corrected chi connectivity index (χ3v) is 4.50. The summed E-state index contributed by atoms with van der Waals surface area (Å²) in [7, 11) is 3.04. The molecule has 1 aromatic rings. The lowest BCUT2D eigenvalue weighted by Crippen LogP contribution is -2.34. The molecule has 1 amide bonds. The van der Waals surface area contributed by atoms with E-state index in [0.29, 0.717) is 6.54 Å². The second-order valence-electron chi connectivity index (χ2n) is 5.31. The molecule has 0 unspecified atom stereocenters. The Bertz CT molecular complexity index is 576. The fourth-order valence-electron chi connectivity index (χ4n) is 1.43. The summed E-state index contributed by atoms with van der Waals surface area (Å²) in [6, 6.07) is 1.27. The molecule has 0 atom stereocenters. The van der Waals surface area contributed by atoms with Gasteiger partial charge < -0.3 is 9.88 Å². The van der Waals surface area contributed by atoms with Crippen LogP contribution in [0.1, 0.15) is 37.7 Å². The zero-order valence-corrected chi connectivity index (χ0v) is 13.1. The Morgan fingerprint density at radius 1 is 1.47 bits per heavy atom. The predicted molar refractivity (Wildman–Crippen MR) is 74.9 cm³/mol. The van der Waals surface area contributed by atoms with Gasteiger partial charge in [0.25, 0.3) is 15.0 Å². The van der Waals surface area contributed by atoms with Crippen LogP contribution in [0.5, 0.6) is 0 Å². The molecule has 0 fully saturated rings. The number of amides is 1. The van der Waals surface area contributed by atoms with Crippen molar-refractivity contribution < 1.29 is 13.2 Å². The van der Waals surface area contributed by atoms with Crippen LogP contribution in [0.2, 0.25) is 0 Å². The highest BCUT2D eigenvalue weighted by molar-refractivity contribution is 8.13. The van der Waals surface area contributed by atoms with Gasteiger partial charge in [0, 0.05) is 30.5 Å². The molecule has 0 saturated heterocycles. The SMILES string of the molecule is CCC(C)(C)CNC(=O)c1cc(S(=O)(=O)Cl)cn1C. The summed E-state index contributed by atoms with van der Waals surface area (Å²) < 4.78 is 23.9. The molecule has 0 bridgehead atoms. The molecule has 1 rings (SSSR count). The summed E-state index contributed by atoms with van der Waals surface area (Å²) in [6.07, 6.45) is 2.25. The van der Waals surface area contributed by atoms with Crippen molar-refractivity contribution in [3.8, 4) is 0 Å². The highest BCUT2D eigenvalue weighted by atomic mass is 35.7. The summed E-state index contributed by atoms with van der Waals surface area (Å²) in [4.78, 5) is 11.9. The molecule has 0 aliphatic carbocycles. The standard InChI is InChI=1S/C12H19ClN2O3S/c1-5-12(2,3)8-14-11(16)10-6-9(7-15(10)4)19(13,17)18/h6-7H,5,8H2,1-4H3,(H,14,16). The summed E-state index contributed by atoms with van der Waals surface area (Å²) in [5.74, 6) is -0.310. The molecule has 0 aromatic carbocycles. The normalized spacial score (nSPS) is 12.5. The lowest BCUT2D eigenvalue weighted by Gasteiger charge is -2.22. The van der Waals surface area contributed by atoms with Gasteiger partial charge in [-0.05, 0) is 17.9 Å². The van der Waals surface area contributed by atoms with Crippen molar-refractivity contribution >= 4 is 25.6 Å². The number of nitrogens with one attached hydrogen (secondary N) is 1. The summed E-state index contributed by atoms with van der Waals surface area (Å²) in [5.41, 5.74) is 0.272. The van der Waals surface area contributed by atoms with E-state index in [1.807, 2.05) is 20.8 Å². The van der Waals surface area contributed by atoms with Gasteiger partial charge in [0.15, 0.2) is 0 Å². The van der Waals surface area contributed by atoms with Crippen molar-refractivity contribution in [3.05, 3.63) is 18.0 Å². The fourth-order valence-corrected chi connectivity index (χ4v) is 2.22. The largest absolute Gasteiger partial charge is 0.350 e. The molecule has 0 saturated carbocycles. The van der Waals surface area contributed by atoms with Gasteiger partial charge in [0.2, 0.25) is 0 Å². The maximum atomic E-state index is 12.0. The molecular formula is C12H19ClN2O3S. The zero-order chi connectivity index (χ0) is 14.8. The molecule has 0 radical (unpaired) electrons. The Labute approximate surface area is 118 Å². The maximum Gasteiger partial charge on any atom is 0.267 e. The van der Waals surface area contributed by atoms with Gasteiger partial charge in [0.05, 0.1) is 0 Å². The van der Waals surface area contributed by atoms with E-state index in [9.17, 15) is 13.2 Å². The van der Waals surface area contributed by atoms with E-state index in [2.05, 4.69) is 5.32 Å². The van der Waals surface area contributed by atoms with Crippen molar-refractivity contribution in [3.63, 3.8) is 0 Å². The minimum atomic E-state index is -3.81. The van der Waals surface area contributed by atoms with Crippen molar-refractivity contribution in [1.82, 2.24) is 9.88 Å². The first-order valence-corrected chi connectivity index (χ1v) is 8.27. The molecule has 7 heteroatoms. The average Bonchev–Trinajstić information content (AvgIpc) is 2.68. The van der Waals surface area contributed by atoms with E-state index < -0.39 is 9.05 Å². The number of halogens is 1. The number of aryl methyl sites for hydroxylation is 1. The Balaban J connectivity index is 2.87. The number of nitrogens with zero attached hydrogens (tertiary/aromatic N) is 1. The summed E-state index contributed by atoms with van der Waals surface area (Å²) in [6.45, 7) is 6.67. The van der Waals surface area contributed by atoms with Gasteiger partial charge in [-0.25, -0.2) is 8.42 Å². The molecular weight excluding hydrogens is 288 g/mol. The van der Waals surface area contributed by atoms with Crippen LogP contribution in [0, 0.1) is 5.41 Å². The lowest BCUT2D eigenvalue weighted by atomic mass is 9.90. The third-order valence-electron chi connectivity index (χ3n) is 3.18. The van der Waals surface area contributed by atoms with Gasteiger partial charge in [0.1, 0.15) is 10.6 Å². The molecule has 1 aromatic heterocycles. The molecule has 5 nitrogen and oxygen atoms in total. The summed E-state index contributed by atoms with van der Waals surface area (Å²) >= 11 is 0. The number of hydrogen-bond donors (Lipinski definition) is 1. The van der Waals surface area contributed by atoms with E-state index >= 15 is 0 Å². The zero-order valence-electron chi connectivity index (χ0n) is 11.5. The molecule has 108 valence electrons. The molecule has 1 heterocycles. The average molecular weight is 307 g/mol. The molecule has 0 aliphatic heterocycles. The quantitative estimate of drug-likeness (QED) is 0.847. The van der Waals surface area contributed by atoms with Crippen LogP contribution in [-0.4, -0.2) is 25.4 Å². The predicted octanol–water partition coefficient (Wildman–Crippen LogP) is 2.12. The van der Waals surface area contributed by atoms with Gasteiger partial charge in [-0.1, -0.05) is 20.8 Å².